The third kappa shape index (κ3) is 5.61. The Morgan fingerprint density at radius 1 is 1.22 bits per heavy atom. The number of amides is 2. The number of hydrogen-bond donors (Lipinski definition) is 2. The first-order valence-corrected chi connectivity index (χ1v) is 10.2. The third-order valence-corrected chi connectivity index (χ3v) is 5.59. The van der Waals surface area contributed by atoms with E-state index in [1.165, 1.54) is 0 Å². The third-order valence-electron chi connectivity index (χ3n) is 4.70. The number of ether oxygens (including phenoxy) is 1. The molecule has 1 aliphatic carbocycles. The zero-order chi connectivity index (χ0) is 20.6. The molecule has 2 N–H and O–H groups in total. The minimum absolute atomic E-state index is 0.00414. The summed E-state index contributed by atoms with van der Waals surface area (Å²) in [7, 11) is 0. The van der Waals surface area contributed by atoms with Crippen LogP contribution in [0.5, 0.6) is 0 Å². The molecule has 1 aromatic carbocycles. The van der Waals surface area contributed by atoms with E-state index in [0.717, 1.165) is 10.0 Å². The summed E-state index contributed by atoms with van der Waals surface area (Å²) >= 11 is 9.50. The normalized spacial score (nSPS) is 22.6. The highest BCUT2D eigenvalue weighted by Gasteiger charge is 2.45. The molecule has 1 saturated carbocycles. The van der Waals surface area contributed by atoms with E-state index >= 15 is 0 Å². The minimum atomic E-state index is -0.726. The maximum absolute atomic E-state index is 13.0. The van der Waals surface area contributed by atoms with Crippen molar-refractivity contribution in [3.05, 3.63) is 33.3 Å². The summed E-state index contributed by atoms with van der Waals surface area (Å²) in [6.07, 6.45) is 0.900. The fourth-order valence-electron chi connectivity index (χ4n) is 3.26. The highest BCUT2D eigenvalue weighted by Crippen LogP contribution is 2.36. The molecule has 150 valence electrons. The van der Waals surface area contributed by atoms with Gasteiger partial charge in [-0.05, 0) is 72.1 Å². The Bertz CT molecular complexity index is 737. The molecule has 0 heterocycles. The average Bonchev–Trinajstić information content (AvgIpc) is 2.42. The second-order valence-electron chi connectivity index (χ2n) is 9.02. The summed E-state index contributed by atoms with van der Waals surface area (Å²) in [4.78, 5) is 24.8. The topological polar surface area (TPSA) is 67.4 Å². The second-order valence-corrected chi connectivity index (χ2v) is 10.3. The maximum atomic E-state index is 13.0. The highest BCUT2D eigenvalue weighted by molar-refractivity contribution is 9.10. The standard InChI is InChI=1S/C20H28BrClN2O3/c1-18(2,3)27-17(26)23-13-10-20(6,11-13)24-16(25)19(4,5)14-8-7-12(22)9-15(14)21/h7-9,13H,10-11H2,1-6H3,(H,23,26)(H,24,25). The van der Waals surface area contributed by atoms with E-state index in [-0.39, 0.29) is 17.5 Å². The van der Waals surface area contributed by atoms with E-state index in [4.69, 9.17) is 16.3 Å². The van der Waals surface area contributed by atoms with Gasteiger partial charge in [-0.15, -0.1) is 0 Å². The summed E-state index contributed by atoms with van der Waals surface area (Å²) in [6.45, 7) is 11.2. The molecule has 0 saturated heterocycles. The lowest BCUT2D eigenvalue weighted by molar-refractivity contribution is -0.128. The summed E-state index contributed by atoms with van der Waals surface area (Å²) in [6, 6.07) is 5.43. The minimum Gasteiger partial charge on any atom is -0.444 e. The van der Waals surface area contributed by atoms with Crippen molar-refractivity contribution >= 4 is 39.5 Å². The lowest BCUT2D eigenvalue weighted by Crippen LogP contribution is -2.64. The molecule has 0 radical (unpaired) electrons. The molecule has 0 aromatic heterocycles. The van der Waals surface area contributed by atoms with Gasteiger partial charge in [0.15, 0.2) is 0 Å². The zero-order valence-corrected chi connectivity index (χ0v) is 19.0. The molecular weight excluding hydrogens is 432 g/mol. The van der Waals surface area contributed by atoms with Crippen molar-refractivity contribution in [3.63, 3.8) is 0 Å². The number of benzene rings is 1. The molecule has 1 aliphatic rings. The van der Waals surface area contributed by atoms with Crippen molar-refractivity contribution in [3.8, 4) is 0 Å². The maximum Gasteiger partial charge on any atom is 0.407 e. The number of halogens is 2. The quantitative estimate of drug-likeness (QED) is 0.670. The first kappa shape index (κ1) is 22.0. The molecule has 0 atom stereocenters. The Morgan fingerprint density at radius 2 is 1.81 bits per heavy atom. The van der Waals surface area contributed by atoms with E-state index in [9.17, 15) is 9.59 Å². The number of hydrogen-bond acceptors (Lipinski definition) is 3. The molecule has 5 nitrogen and oxygen atoms in total. The average molecular weight is 460 g/mol. The highest BCUT2D eigenvalue weighted by atomic mass is 79.9. The van der Waals surface area contributed by atoms with Crippen LogP contribution >= 0.6 is 27.5 Å². The molecule has 27 heavy (non-hydrogen) atoms. The summed E-state index contributed by atoms with van der Waals surface area (Å²) in [5.41, 5.74) is -0.736. The number of rotatable bonds is 4. The van der Waals surface area contributed by atoms with E-state index in [1.807, 2.05) is 47.6 Å². The van der Waals surface area contributed by atoms with E-state index < -0.39 is 17.1 Å². The van der Waals surface area contributed by atoms with Gasteiger partial charge in [-0.2, -0.15) is 0 Å². The monoisotopic (exact) mass is 458 g/mol. The van der Waals surface area contributed by atoms with Crippen molar-refractivity contribution in [2.24, 2.45) is 0 Å². The SMILES string of the molecule is CC1(NC(=O)C(C)(C)c2ccc(Cl)cc2Br)CC(NC(=O)OC(C)(C)C)C1. The lowest BCUT2D eigenvalue weighted by atomic mass is 9.72. The molecular formula is C20H28BrClN2O3. The van der Waals surface area contributed by atoms with Gasteiger partial charge in [0.25, 0.3) is 0 Å². The summed E-state index contributed by atoms with van der Waals surface area (Å²) < 4.78 is 6.08. The smallest absolute Gasteiger partial charge is 0.407 e. The first-order valence-electron chi connectivity index (χ1n) is 8.99. The van der Waals surface area contributed by atoms with Crippen molar-refractivity contribution in [2.75, 3.05) is 0 Å². The summed E-state index contributed by atoms with van der Waals surface area (Å²) in [5.74, 6) is -0.0660. The number of carbonyl (C=O) groups excluding carboxylic acids is 2. The van der Waals surface area contributed by atoms with Crippen LogP contribution in [0.3, 0.4) is 0 Å². The molecule has 0 bridgehead atoms. The summed E-state index contributed by atoms with van der Waals surface area (Å²) in [5, 5.41) is 6.61. The van der Waals surface area contributed by atoms with Crippen molar-refractivity contribution in [1.82, 2.24) is 10.6 Å². The molecule has 0 spiro atoms. The van der Waals surface area contributed by atoms with Crippen LogP contribution in [0.2, 0.25) is 5.02 Å². The molecule has 2 rings (SSSR count). The number of alkyl carbamates (subject to hydrolysis) is 1. The second kappa shape index (κ2) is 7.63. The first-order chi connectivity index (χ1) is 12.2. The van der Waals surface area contributed by atoms with Gasteiger partial charge in [-0.3, -0.25) is 4.79 Å². The predicted octanol–water partition coefficient (Wildman–Crippen LogP) is 4.94. The van der Waals surface area contributed by atoms with Gasteiger partial charge in [0.2, 0.25) is 5.91 Å². The van der Waals surface area contributed by atoms with Crippen molar-refractivity contribution in [1.29, 1.82) is 0 Å². The van der Waals surface area contributed by atoms with E-state index in [0.29, 0.717) is 17.9 Å². The van der Waals surface area contributed by atoms with E-state index in [1.54, 1.807) is 12.1 Å². The Labute approximate surface area is 174 Å². The van der Waals surface area contributed by atoms with Crippen LogP contribution in [0.15, 0.2) is 22.7 Å². The van der Waals surface area contributed by atoms with Gasteiger partial charge in [0.05, 0.1) is 5.41 Å². The molecule has 1 aromatic rings. The van der Waals surface area contributed by atoms with Crippen LogP contribution in [-0.4, -0.2) is 29.2 Å². The zero-order valence-electron chi connectivity index (χ0n) is 16.7. The number of nitrogens with one attached hydrogen (secondary N) is 2. The molecule has 7 heteroatoms. The molecule has 0 unspecified atom stereocenters. The van der Waals surface area contributed by atoms with Crippen LogP contribution < -0.4 is 10.6 Å². The Kier molecular flexibility index (Phi) is 6.22. The van der Waals surface area contributed by atoms with Crippen LogP contribution in [0.4, 0.5) is 4.79 Å². The van der Waals surface area contributed by atoms with Gasteiger partial charge in [-0.25, -0.2) is 4.79 Å². The largest absolute Gasteiger partial charge is 0.444 e. The fourth-order valence-corrected chi connectivity index (χ4v) is 4.43. The van der Waals surface area contributed by atoms with Crippen molar-refractivity contribution in [2.45, 2.75) is 77.0 Å². The van der Waals surface area contributed by atoms with Crippen molar-refractivity contribution < 1.29 is 14.3 Å². The van der Waals surface area contributed by atoms with Gasteiger partial charge < -0.3 is 15.4 Å². The Morgan fingerprint density at radius 3 is 2.33 bits per heavy atom. The number of carbonyl (C=O) groups is 2. The van der Waals surface area contributed by atoms with Crippen LogP contribution in [-0.2, 0) is 14.9 Å². The van der Waals surface area contributed by atoms with Crippen LogP contribution in [0.1, 0.15) is 59.9 Å². The van der Waals surface area contributed by atoms with Crippen LogP contribution in [0, 0.1) is 0 Å². The van der Waals surface area contributed by atoms with Gasteiger partial charge in [0, 0.05) is 21.1 Å². The van der Waals surface area contributed by atoms with Gasteiger partial charge >= 0.3 is 6.09 Å². The lowest BCUT2D eigenvalue weighted by Gasteiger charge is -2.47. The molecule has 1 fully saturated rings. The van der Waals surface area contributed by atoms with E-state index in [2.05, 4.69) is 26.6 Å². The molecule has 0 aliphatic heterocycles. The predicted molar refractivity (Wildman–Crippen MR) is 111 cm³/mol. The van der Waals surface area contributed by atoms with Crippen LogP contribution in [0.25, 0.3) is 0 Å². The Hall–Kier alpha value is -1.27. The fraction of sp³-hybridized carbons (Fsp3) is 0.600. The Balaban J connectivity index is 1.95. The molecule has 2 amide bonds. The van der Waals surface area contributed by atoms with Gasteiger partial charge in [-0.1, -0.05) is 33.6 Å². The van der Waals surface area contributed by atoms with Gasteiger partial charge in [0.1, 0.15) is 5.60 Å².